The van der Waals surface area contributed by atoms with E-state index in [2.05, 4.69) is 182 Å². The maximum Gasteiger partial charge on any atom is 0.143 e. The number of hydrogen-bond acceptors (Lipinski definition) is 5. The van der Waals surface area contributed by atoms with E-state index in [-0.39, 0.29) is 0 Å². The van der Waals surface area contributed by atoms with Crippen LogP contribution >= 0.6 is 0 Å². The molecule has 3 heterocycles. The van der Waals surface area contributed by atoms with Crippen LogP contribution in [-0.4, -0.2) is 19.9 Å². The molecule has 0 N–H and O–H groups in total. The number of furan rings is 1. The van der Waals surface area contributed by atoms with Crippen molar-refractivity contribution in [3.8, 4) is 44.8 Å². The molecule has 3 aromatic heterocycles. The Hall–Kier alpha value is -8.28. The van der Waals surface area contributed by atoms with Crippen LogP contribution in [-0.2, 0) is 0 Å². The van der Waals surface area contributed by atoms with Crippen molar-refractivity contribution < 1.29 is 4.42 Å². The number of para-hydroxylation sites is 2. The lowest BCUT2D eigenvalue weighted by Gasteiger charge is -2.11. The number of nitrogens with zero attached hydrogens (tertiary/aromatic N) is 4. The van der Waals surface area contributed by atoms with Crippen LogP contribution in [0.5, 0.6) is 0 Å². The van der Waals surface area contributed by atoms with E-state index in [1.807, 2.05) is 12.4 Å². The topological polar surface area (TPSA) is 64.7 Å². The molecule has 0 amide bonds. The van der Waals surface area contributed by atoms with Crippen molar-refractivity contribution in [3.05, 3.63) is 194 Å². The van der Waals surface area contributed by atoms with E-state index in [1.54, 1.807) is 0 Å². The van der Waals surface area contributed by atoms with Gasteiger partial charge < -0.3 is 4.42 Å². The van der Waals surface area contributed by atoms with Crippen molar-refractivity contribution in [2.24, 2.45) is 0 Å². The van der Waals surface area contributed by atoms with Crippen molar-refractivity contribution in [3.63, 3.8) is 0 Å². The van der Waals surface area contributed by atoms with Crippen LogP contribution in [0.15, 0.2) is 199 Å². The van der Waals surface area contributed by atoms with Gasteiger partial charge in [0.2, 0.25) is 0 Å². The number of aromatic nitrogens is 4. The van der Waals surface area contributed by atoms with E-state index < -0.39 is 0 Å². The number of fused-ring (bicyclic) bond motifs is 15. The number of benzene rings is 10. The zero-order valence-corrected chi connectivity index (χ0v) is 32.7. The molecule has 0 radical (unpaired) electrons. The minimum Gasteiger partial charge on any atom is -0.455 e. The Bertz CT molecular complexity index is 3630. The fourth-order valence-corrected chi connectivity index (χ4v) is 9.49. The molecular weight excluding hydrogens is 745 g/mol. The minimum atomic E-state index is 0.825. The predicted octanol–water partition coefficient (Wildman–Crippen LogP) is 14.8. The summed E-state index contributed by atoms with van der Waals surface area (Å²) in [5.74, 6) is 0. The van der Waals surface area contributed by atoms with E-state index >= 15 is 0 Å². The van der Waals surface area contributed by atoms with Crippen LogP contribution in [0, 0.1) is 0 Å². The summed E-state index contributed by atoms with van der Waals surface area (Å²) in [6.07, 6.45) is 3.80. The first kappa shape index (κ1) is 33.7. The summed E-state index contributed by atoms with van der Waals surface area (Å²) in [4.78, 5) is 20.6. The summed E-state index contributed by atoms with van der Waals surface area (Å²) in [7, 11) is 0. The molecular formula is C56H32N4O. The SMILES string of the molecule is c1cc(-c2cnc3c4ccccc4c4ccccc4c3n2)cc(-c2cccc3c2oc2c(-c4cccc(-c5cnc6c7ccccc7c7ccccc7c6n5)c4)cccc23)c1. The van der Waals surface area contributed by atoms with Crippen LogP contribution in [0.25, 0.3) is 132 Å². The van der Waals surface area contributed by atoms with Crippen LogP contribution in [0.2, 0.25) is 0 Å². The second-order valence-corrected chi connectivity index (χ2v) is 15.7. The molecule has 0 atom stereocenters. The Labute approximate surface area is 349 Å². The van der Waals surface area contributed by atoms with Gasteiger partial charge in [-0.2, -0.15) is 0 Å². The Kier molecular flexibility index (Phi) is 7.24. The van der Waals surface area contributed by atoms with Crippen molar-refractivity contribution in [2.45, 2.75) is 0 Å². The smallest absolute Gasteiger partial charge is 0.143 e. The fraction of sp³-hybridized carbons (Fsp3) is 0. The molecule has 0 aliphatic heterocycles. The Balaban J connectivity index is 0.916. The first-order valence-corrected chi connectivity index (χ1v) is 20.5. The molecule has 5 nitrogen and oxygen atoms in total. The van der Waals surface area contributed by atoms with Gasteiger partial charge in [0.05, 0.1) is 45.8 Å². The summed E-state index contributed by atoms with van der Waals surface area (Å²) in [6, 6.07) is 63.8. The zero-order chi connectivity index (χ0) is 40.0. The maximum atomic E-state index is 6.95. The Morgan fingerprint density at radius 1 is 0.279 bits per heavy atom. The third-order valence-corrected chi connectivity index (χ3v) is 12.3. The molecule has 0 aliphatic carbocycles. The van der Waals surface area contributed by atoms with Gasteiger partial charge in [0.15, 0.2) is 0 Å². The largest absolute Gasteiger partial charge is 0.455 e. The fourth-order valence-electron chi connectivity index (χ4n) is 9.49. The van der Waals surface area contributed by atoms with Crippen molar-refractivity contribution in [2.75, 3.05) is 0 Å². The van der Waals surface area contributed by atoms with E-state index in [4.69, 9.17) is 24.4 Å². The third kappa shape index (κ3) is 5.14. The van der Waals surface area contributed by atoms with Gasteiger partial charge in [0, 0.05) is 54.6 Å². The lowest BCUT2D eigenvalue weighted by atomic mass is 9.97. The highest BCUT2D eigenvalue weighted by Gasteiger charge is 2.18. The van der Waals surface area contributed by atoms with Gasteiger partial charge in [-0.1, -0.05) is 170 Å². The van der Waals surface area contributed by atoms with E-state index in [0.717, 1.165) is 110 Å². The minimum absolute atomic E-state index is 0.825. The predicted molar refractivity (Wildman–Crippen MR) is 252 cm³/mol. The highest BCUT2D eigenvalue weighted by Crippen LogP contribution is 2.42. The molecule has 5 heteroatoms. The van der Waals surface area contributed by atoms with E-state index in [0.29, 0.717) is 0 Å². The van der Waals surface area contributed by atoms with Gasteiger partial charge in [0.1, 0.15) is 11.2 Å². The Morgan fingerprint density at radius 2 is 0.607 bits per heavy atom. The monoisotopic (exact) mass is 776 g/mol. The van der Waals surface area contributed by atoms with Crippen LogP contribution in [0.3, 0.4) is 0 Å². The van der Waals surface area contributed by atoms with Crippen LogP contribution in [0.1, 0.15) is 0 Å². The lowest BCUT2D eigenvalue weighted by Crippen LogP contribution is -1.92. The molecule has 0 saturated heterocycles. The highest BCUT2D eigenvalue weighted by molar-refractivity contribution is 6.24. The molecule has 0 spiro atoms. The average molecular weight is 777 g/mol. The molecule has 61 heavy (non-hydrogen) atoms. The molecule has 10 aromatic carbocycles. The summed E-state index contributed by atoms with van der Waals surface area (Å²) in [5.41, 5.74) is 13.1. The normalized spacial score (nSPS) is 11.9. The first-order chi connectivity index (χ1) is 30.2. The van der Waals surface area contributed by atoms with Crippen LogP contribution < -0.4 is 0 Å². The molecule has 282 valence electrons. The van der Waals surface area contributed by atoms with E-state index in [1.165, 1.54) is 21.5 Å². The lowest BCUT2D eigenvalue weighted by molar-refractivity contribution is 0.671. The summed E-state index contributed by atoms with van der Waals surface area (Å²) < 4.78 is 6.95. The van der Waals surface area contributed by atoms with Gasteiger partial charge in [-0.25, -0.2) is 9.97 Å². The molecule has 0 unspecified atom stereocenters. The van der Waals surface area contributed by atoms with Gasteiger partial charge in [-0.05, 0) is 44.8 Å². The standard InChI is InChI=1S/C56H32N4O/c1-5-21-43-39(17-1)41-19-3-7-23-45(41)53-51(43)57-31-49(59-53)35-15-9-13-33(29-35)37-25-11-27-47-48-28-12-26-38(56(48)61-55(37)47)34-14-10-16-36(30-34)50-32-58-52-44-22-6-2-18-40(44)42-20-4-8-24-46(42)54(52)60-50/h1-32H. The van der Waals surface area contributed by atoms with Gasteiger partial charge in [0.25, 0.3) is 0 Å². The van der Waals surface area contributed by atoms with E-state index in [9.17, 15) is 0 Å². The molecule has 0 aliphatic rings. The van der Waals surface area contributed by atoms with Gasteiger partial charge in [-0.15, -0.1) is 0 Å². The summed E-state index contributed by atoms with van der Waals surface area (Å²) in [5, 5.41) is 11.3. The quantitative estimate of drug-likeness (QED) is 0.167. The zero-order valence-electron chi connectivity index (χ0n) is 32.7. The molecule has 0 bridgehead atoms. The van der Waals surface area contributed by atoms with Gasteiger partial charge in [-0.3, -0.25) is 9.97 Å². The number of rotatable bonds is 4. The van der Waals surface area contributed by atoms with Crippen molar-refractivity contribution >= 4 is 87.1 Å². The average Bonchev–Trinajstić information content (AvgIpc) is 3.73. The molecule has 0 saturated carbocycles. The molecule has 13 rings (SSSR count). The molecule has 0 fully saturated rings. The van der Waals surface area contributed by atoms with Gasteiger partial charge >= 0.3 is 0 Å². The molecule has 13 aromatic rings. The highest BCUT2D eigenvalue weighted by atomic mass is 16.3. The number of hydrogen-bond donors (Lipinski definition) is 0. The maximum absolute atomic E-state index is 6.95. The van der Waals surface area contributed by atoms with Crippen molar-refractivity contribution in [1.82, 2.24) is 19.9 Å². The van der Waals surface area contributed by atoms with Crippen LogP contribution in [0.4, 0.5) is 0 Å². The Morgan fingerprint density at radius 3 is 1.02 bits per heavy atom. The first-order valence-electron chi connectivity index (χ1n) is 20.5. The summed E-state index contributed by atoms with van der Waals surface area (Å²) in [6.45, 7) is 0. The summed E-state index contributed by atoms with van der Waals surface area (Å²) >= 11 is 0. The van der Waals surface area contributed by atoms with Crippen molar-refractivity contribution in [1.29, 1.82) is 0 Å². The third-order valence-electron chi connectivity index (χ3n) is 12.3. The second-order valence-electron chi connectivity index (χ2n) is 15.7. The second kappa shape index (κ2) is 13.1.